The molecule has 0 fully saturated rings. The molecule has 3 N–H and O–H groups in total. The van der Waals surface area contributed by atoms with Gasteiger partial charge in [-0.25, -0.2) is 4.57 Å². The van der Waals surface area contributed by atoms with Crippen molar-refractivity contribution < 1.29 is 37.9 Å². The number of nitrogens with one attached hydrogen (secondary N) is 1. The third-order valence-electron chi connectivity index (χ3n) is 9.89. The summed E-state index contributed by atoms with van der Waals surface area (Å²) < 4.78 is 27.0. The first kappa shape index (κ1) is 61.4. The average molecular weight is 924 g/mol. The SMILES string of the molecule is CC/C=C\C/C=C\C/C=C\C/C=C\C/C=C\CCCCCCCCCC(=O)NCCOP(=O)(O)OCC(O)COC(=O)CCCCCCC/C=C\C/C=C\C/C=C\C/C=C\C/C=C\CC. The van der Waals surface area contributed by atoms with Crippen LogP contribution in [0.5, 0.6) is 0 Å². The van der Waals surface area contributed by atoms with Gasteiger partial charge in [-0.3, -0.25) is 18.6 Å². The van der Waals surface area contributed by atoms with Crippen LogP contribution in [-0.2, 0) is 27.9 Å². The molecule has 0 rings (SSSR count). The first-order chi connectivity index (χ1) is 31.8. The lowest BCUT2D eigenvalue weighted by molar-refractivity contribution is -0.147. The van der Waals surface area contributed by atoms with Gasteiger partial charge in [0.25, 0.3) is 0 Å². The lowest BCUT2D eigenvalue weighted by atomic mass is 10.1. The van der Waals surface area contributed by atoms with Crippen LogP contribution < -0.4 is 5.32 Å². The maximum absolute atomic E-state index is 12.2. The van der Waals surface area contributed by atoms with E-state index in [0.29, 0.717) is 12.8 Å². The number of hydrogen-bond donors (Lipinski definition) is 3. The Hall–Kier alpha value is -3.59. The number of unbranched alkanes of at least 4 members (excludes halogenated alkanes) is 12. The van der Waals surface area contributed by atoms with Crippen molar-refractivity contribution in [1.82, 2.24) is 5.32 Å². The quantitative estimate of drug-likeness (QED) is 0.0238. The monoisotopic (exact) mass is 924 g/mol. The van der Waals surface area contributed by atoms with E-state index in [1.807, 2.05) is 0 Å². The molecule has 0 aromatic rings. The van der Waals surface area contributed by atoms with Crippen LogP contribution in [0, 0.1) is 0 Å². The van der Waals surface area contributed by atoms with Crippen molar-refractivity contribution in [3.8, 4) is 0 Å². The van der Waals surface area contributed by atoms with Crippen LogP contribution in [0.1, 0.15) is 181 Å². The molecule has 368 valence electrons. The number of hydrogen-bond acceptors (Lipinski definition) is 7. The molecule has 0 aliphatic heterocycles. The van der Waals surface area contributed by atoms with Crippen molar-refractivity contribution >= 4 is 19.7 Å². The van der Waals surface area contributed by atoms with E-state index in [9.17, 15) is 24.2 Å². The van der Waals surface area contributed by atoms with Gasteiger partial charge in [-0.2, -0.15) is 0 Å². The number of amides is 1. The van der Waals surface area contributed by atoms with Gasteiger partial charge in [0.2, 0.25) is 5.91 Å². The van der Waals surface area contributed by atoms with Crippen molar-refractivity contribution in [2.45, 2.75) is 187 Å². The van der Waals surface area contributed by atoms with Crippen LogP contribution in [0.25, 0.3) is 0 Å². The zero-order valence-corrected chi connectivity index (χ0v) is 41.5. The van der Waals surface area contributed by atoms with E-state index in [1.54, 1.807) is 0 Å². The Morgan fingerprint density at radius 1 is 0.477 bits per heavy atom. The highest BCUT2D eigenvalue weighted by atomic mass is 31.2. The number of carbonyl (C=O) groups is 2. The molecular weight excluding hydrogens is 834 g/mol. The van der Waals surface area contributed by atoms with Crippen molar-refractivity contribution in [2.24, 2.45) is 0 Å². The predicted molar refractivity (Wildman–Crippen MR) is 274 cm³/mol. The maximum atomic E-state index is 12.2. The Morgan fingerprint density at radius 2 is 0.831 bits per heavy atom. The summed E-state index contributed by atoms with van der Waals surface area (Å²) in [4.78, 5) is 34.1. The van der Waals surface area contributed by atoms with Crippen LogP contribution in [0.2, 0.25) is 0 Å². The molecule has 10 heteroatoms. The van der Waals surface area contributed by atoms with E-state index in [0.717, 1.165) is 122 Å². The molecule has 65 heavy (non-hydrogen) atoms. The molecule has 0 heterocycles. The van der Waals surface area contributed by atoms with Gasteiger partial charge in [0, 0.05) is 19.4 Å². The van der Waals surface area contributed by atoms with Crippen LogP contribution in [0.15, 0.2) is 122 Å². The molecule has 0 aromatic heterocycles. The molecule has 2 unspecified atom stereocenters. The summed E-state index contributed by atoms with van der Waals surface area (Å²) in [6, 6.07) is 0. The van der Waals surface area contributed by atoms with Gasteiger partial charge in [-0.1, -0.05) is 187 Å². The summed E-state index contributed by atoms with van der Waals surface area (Å²) in [6.07, 6.45) is 68.4. The number of aliphatic hydroxyl groups is 1. The van der Waals surface area contributed by atoms with Crippen LogP contribution in [-0.4, -0.2) is 54.3 Å². The van der Waals surface area contributed by atoms with Crippen molar-refractivity contribution in [3.63, 3.8) is 0 Å². The number of ether oxygens (including phenoxy) is 1. The minimum absolute atomic E-state index is 0.0646. The van der Waals surface area contributed by atoms with Gasteiger partial charge in [-0.15, -0.1) is 0 Å². The third kappa shape index (κ3) is 51.3. The summed E-state index contributed by atoms with van der Waals surface area (Å²) in [5.41, 5.74) is 0. The largest absolute Gasteiger partial charge is 0.472 e. The third-order valence-corrected chi connectivity index (χ3v) is 10.9. The Kier molecular flexibility index (Phi) is 47.1. The summed E-state index contributed by atoms with van der Waals surface area (Å²) >= 11 is 0. The fourth-order valence-corrected chi connectivity index (χ4v) is 6.95. The summed E-state index contributed by atoms with van der Waals surface area (Å²) in [5, 5.41) is 12.7. The van der Waals surface area contributed by atoms with E-state index in [4.69, 9.17) is 13.8 Å². The van der Waals surface area contributed by atoms with Crippen molar-refractivity contribution in [3.05, 3.63) is 122 Å². The van der Waals surface area contributed by atoms with Crippen LogP contribution in [0.3, 0.4) is 0 Å². The second-order valence-corrected chi connectivity index (χ2v) is 17.5. The minimum Gasteiger partial charge on any atom is -0.463 e. The number of phosphoric ester groups is 1. The van der Waals surface area contributed by atoms with Crippen LogP contribution >= 0.6 is 7.82 Å². The second-order valence-electron chi connectivity index (χ2n) is 16.0. The fraction of sp³-hybridized carbons (Fsp3) is 0.600. The van der Waals surface area contributed by atoms with Gasteiger partial charge >= 0.3 is 13.8 Å². The molecule has 0 aliphatic rings. The smallest absolute Gasteiger partial charge is 0.463 e. The first-order valence-corrected chi connectivity index (χ1v) is 26.5. The Bertz CT molecular complexity index is 1470. The second kappa shape index (κ2) is 49.8. The number of esters is 1. The summed E-state index contributed by atoms with van der Waals surface area (Å²) in [5.74, 6) is -0.556. The molecule has 0 radical (unpaired) electrons. The van der Waals surface area contributed by atoms with E-state index in [2.05, 4.69) is 141 Å². The van der Waals surface area contributed by atoms with Crippen molar-refractivity contribution in [1.29, 1.82) is 0 Å². The molecule has 0 saturated heterocycles. The normalized spacial score (nSPS) is 14.2. The summed E-state index contributed by atoms with van der Waals surface area (Å²) in [7, 11) is -4.44. The van der Waals surface area contributed by atoms with Gasteiger partial charge in [0.05, 0.1) is 13.2 Å². The van der Waals surface area contributed by atoms with Gasteiger partial charge in [0.15, 0.2) is 0 Å². The van der Waals surface area contributed by atoms with Gasteiger partial charge in [0.1, 0.15) is 12.7 Å². The molecule has 0 saturated carbocycles. The lowest BCUT2D eigenvalue weighted by Gasteiger charge is -2.15. The van der Waals surface area contributed by atoms with Crippen molar-refractivity contribution in [2.75, 3.05) is 26.4 Å². The zero-order chi connectivity index (χ0) is 47.4. The number of carbonyl (C=O) groups excluding carboxylic acids is 2. The number of allylic oxidation sites excluding steroid dienone is 20. The highest BCUT2D eigenvalue weighted by molar-refractivity contribution is 7.47. The molecule has 0 aromatic carbocycles. The summed E-state index contributed by atoms with van der Waals surface area (Å²) in [6.45, 7) is 3.27. The Labute approximate surface area is 396 Å². The fourth-order valence-electron chi connectivity index (χ4n) is 6.20. The van der Waals surface area contributed by atoms with Gasteiger partial charge < -0.3 is 20.1 Å². The van der Waals surface area contributed by atoms with Crippen LogP contribution in [0.4, 0.5) is 0 Å². The first-order valence-electron chi connectivity index (χ1n) is 25.0. The molecule has 0 spiro atoms. The Balaban J connectivity index is 3.66. The number of aliphatic hydroxyl groups excluding tert-OH is 1. The molecule has 2 atom stereocenters. The van der Waals surface area contributed by atoms with E-state index in [1.165, 1.54) is 25.7 Å². The number of rotatable bonds is 45. The molecular formula is C55H90NO8P. The topological polar surface area (TPSA) is 131 Å². The predicted octanol–water partition coefficient (Wildman–Crippen LogP) is 14.9. The minimum atomic E-state index is -4.44. The number of phosphoric acid groups is 1. The molecule has 9 nitrogen and oxygen atoms in total. The average Bonchev–Trinajstić information content (AvgIpc) is 3.29. The maximum Gasteiger partial charge on any atom is 0.472 e. The molecule has 1 amide bonds. The molecule has 0 bridgehead atoms. The van der Waals surface area contributed by atoms with Gasteiger partial charge in [-0.05, 0) is 103 Å². The standard InChI is InChI=1S/C55H90NO8P/c1-3-5-7-9-11-13-15-17-19-21-23-25-26-28-29-31-33-35-37-39-41-43-45-47-54(58)56-49-50-63-65(60,61)64-52-53(57)51-62-55(59)48-46-44-42-40-38-36-34-32-30-27-24-22-20-18-16-14-12-10-8-6-4-2/h5-8,11-14,17-20,23-25,27-29,32,34,53,57H,3-4,9-10,15-16,21-22,26,30-31,33,35-52H2,1-2H3,(H,56,58)(H,60,61)/b7-5-,8-6-,13-11-,14-12-,19-17-,20-18-,25-23-,27-24-,29-28-,34-32-. The highest BCUT2D eigenvalue weighted by Gasteiger charge is 2.23. The van der Waals surface area contributed by atoms with E-state index >= 15 is 0 Å². The lowest BCUT2D eigenvalue weighted by Crippen LogP contribution is -2.27. The zero-order valence-electron chi connectivity index (χ0n) is 40.6. The highest BCUT2D eigenvalue weighted by Crippen LogP contribution is 2.42. The van der Waals surface area contributed by atoms with E-state index < -0.39 is 26.5 Å². The Morgan fingerprint density at radius 3 is 1.25 bits per heavy atom. The van der Waals surface area contributed by atoms with E-state index in [-0.39, 0.29) is 32.1 Å². The molecule has 0 aliphatic carbocycles.